The second-order valence-electron chi connectivity index (χ2n) is 4.98. The van der Waals surface area contributed by atoms with Crippen LogP contribution in [0.25, 0.3) is 5.69 Å². The van der Waals surface area contributed by atoms with Crippen molar-refractivity contribution in [2.24, 2.45) is 5.92 Å². The van der Waals surface area contributed by atoms with Crippen LogP contribution >= 0.6 is 11.6 Å². The Bertz CT molecular complexity index is 606. The summed E-state index contributed by atoms with van der Waals surface area (Å²) in [4.78, 5) is 15.9. The zero-order valence-corrected chi connectivity index (χ0v) is 11.7. The number of nitrogens with one attached hydrogen (secondary N) is 1. The van der Waals surface area contributed by atoms with Crippen LogP contribution < -0.4 is 5.32 Å². The number of benzene rings is 1. The predicted molar refractivity (Wildman–Crippen MR) is 77.0 cm³/mol. The molecule has 1 aliphatic rings. The molecule has 0 spiro atoms. The predicted octanol–water partition coefficient (Wildman–Crippen LogP) is 3.05. The van der Waals surface area contributed by atoms with E-state index >= 15 is 0 Å². The Kier molecular flexibility index (Phi) is 3.69. The Balaban J connectivity index is 1.75. The van der Waals surface area contributed by atoms with E-state index in [0.29, 0.717) is 5.02 Å². The molecule has 1 heterocycles. The van der Waals surface area contributed by atoms with E-state index in [-0.39, 0.29) is 11.8 Å². The minimum Gasteiger partial charge on any atom is -0.326 e. The van der Waals surface area contributed by atoms with Crippen LogP contribution in [0.3, 0.4) is 0 Å². The maximum absolute atomic E-state index is 12.1. The maximum Gasteiger partial charge on any atom is 0.227 e. The Labute approximate surface area is 122 Å². The Morgan fingerprint density at radius 2 is 2.15 bits per heavy atom. The zero-order valence-electron chi connectivity index (χ0n) is 10.9. The van der Waals surface area contributed by atoms with Gasteiger partial charge in [-0.1, -0.05) is 24.4 Å². The van der Waals surface area contributed by atoms with Gasteiger partial charge in [0.25, 0.3) is 0 Å². The number of carbonyl (C=O) groups is 1. The lowest BCUT2D eigenvalue weighted by Crippen LogP contribution is -2.20. The average molecular weight is 291 g/mol. The van der Waals surface area contributed by atoms with Gasteiger partial charge in [0, 0.05) is 11.6 Å². The Morgan fingerprint density at radius 1 is 1.35 bits per heavy atom. The number of anilines is 1. The molecule has 1 fully saturated rings. The molecule has 0 atom stereocenters. The van der Waals surface area contributed by atoms with E-state index in [2.05, 4.69) is 15.4 Å². The monoisotopic (exact) mass is 290 g/mol. The largest absolute Gasteiger partial charge is 0.326 e. The maximum atomic E-state index is 12.1. The second kappa shape index (κ2) is 5.63. The first kappa shape index (κ1) is 13.1. The molecule has 1 aliphatic carbocycles. The summed E-state index contributed by atoms with van der Waals surface area (Å²) in [5.74, 6) is 0.232. The van der Waals surface area contributed by atoms with E-state index in [0.717, 1.165) is 37.1 Å². The first-order valence-electron chi connectivity index (χ1n) is 6.69. The second-order valence-corrected chi connectivity index (χ2v) is 5.38. The van der Waals surface area contributed by atoms with E-state index in [1.54, 1.807) is 17.1 Å². The van der Waals surface area contributed by atoms with Gasteiger partial charge in [0.15, 0.2) is 0 Å². The SMILES string of the molecule is O=C(Nc1ccc(-n2cncn2)c(Cl)c1)C1CCCC1. The van der Waals surface area contributed by atoms with Crippen LogP contribution in [0, 0.1) is 5.92 Å². The molecule has 1 aromatic heterocycles. The van der Waals surface area contributed by atoms with Crippen molar-refractivity contribution in [1.82, 2.24) is 14.8 Å². The smallest absolute Gasteiger partial charge is 0.227 e. The zero-order chi connectivity index (χ0) is 13.9. The van der Waals surface area contributed by atoms with Gasteiger partial charge in [-0.25, -0.2) is 9.67 Å². The lowest BCUT2D eigenvalue weighted by molar-refractivity contribution is -0.119. The van der Waals surface area contributed by atoms with Crippen LogP contribution in [0.5, 0.6) is 0 Å². The standard InChI is InChI=1S/C14H15ClN4O/c15-12-7-11(18-14(20)10-3-1-2-4-10)5-6-13(12)19-9-16-8-17-19/h5-10H,1-4H2,(H,18,20). The van der Waals surface area contributed by atoms with Crippen molar-refractivity contribution in [3.63, 3.8) is 0 Å². The molecule has 1 aromatic carbocycles. The van der Waals surface area contributed by atoms with Gasteiger partial charge in [-0.2, -0.15) is 5.10 Å². The first-order valence-corrected chi connectivity index (χ1v) is 7.07. The van der Waals surface area contributed by atoms with Gasteiger partial charge >= 0.3 is 0 Å². The van der Waals surface area contributed by atoms with Crippen molar-refractivity contribution < 1.29 is 4.79 Å². The van der Waals surface area contributed by atoms with Crippen LogP contribution in [-0.4, -0.2) is 20.7 Å². The number of halogens is 1. The van der Waals surface area contributed by atoms with E-state index < -0.39 is 0 Å². The molecular weight excluding hydrogens is 276 g/mol. The highest BCUT2D eigenvalue weighted by atomic mass is 35.5. The van der Waals surface area contributed by atoms with Crippen molar-refractivity contribution in [3.05, 3.63) is 35.9 Å². The van der Waals surface area contributed by atoms with Gasteiger partial charge in [-0.05, 0) is 31.0 Å². The summed E-state index contributed by atoms with van der Waals surface area (Å²) in [7, 11) is 0. The van der Waals surface area contributed by atoms with Gasteiger partial charge < -0.3 is 5.32 Å². The minimum absolute atomic E-state index is 0.0899. The van der Waals surface area contributed by atoms with Gasteiger partial charge in [0.1, 0.15) is 12.7 Å². The highest BCUT2D eigenvalue weighted by Crippen LogP contribution is 2.28. The summed E-state index contributed by atoms with van der Waals surface area (Å²) < 4.78 is 1.59. The molecule has 0 bridgehead atoms. The van der Waals surface area contributed by atoms with Gasteiger partial charge in [-0.3, -0.25) is 4.79 Å². The molecule has 0 aliphatic heterocycles. The van der Waals surface area contributed by atoms with Crippen molar-refractivity contribution in [3.8, 4) is 5.69 Å². The third kappa shape index (κ3) is 2.67. The van der Waals surface area contributed by atoms with E-state index in [1.165, 1.54) is 6.33 Å². The topological polar surface area (TPSA) is 59.8 Å². The van der Waals surface area contributed by atoms with Crippen molar-refractivity contribution >= 4 is 23.2 Å². The number of aromatic nitrogens is 3. The number of nitrogens with zero attached hydrogens (tertiary/aromatic N) is 3. The van der Waals surface area contributed by atoms with Crippen LogP contribution in [0.4, 0.5) is 5.69 Å². The summed E-state index contributed by atoms with van der Waals surface area (Å²) >= 11 is 6.22. The molecule has 0 unspecified atom stereocenters. The third-order valence-corrected chi connectivity index (χ3v) is 3.91. The van der Waals surface area contributed by atoms with Gasteiger partial charge in [0.2, 0.25) is 5.91 Å². The quantitative estimate of drug-likeness (QED) is 0.945. The Hall–Kier alpha value is -1.88. The minimum atomic E-state index is 0.0899. The summed E-state index contributed by atoms with van der Waals surface area (Å²) in [5.41, 5.74) is 1.46. The Morgan fingerprint density at radius 3 is 2.80 bits per heavy atom. The van der Waals surface area contributed by atoms with E-state index in [9.17, 15) is 4.79 Å². The lowest BCUT2D eigenvalue weighted by atomic mass is 10.1. The number of hydrogen-bond donors (Lipinski definition) is 1. The molecule has 6 heteroatoms. The van der Waals surface area contributed by atoms with Gasteiger partial charge in [-0.15, -0.1) is 0 Å². The first-order chi connectivity index (χ1) is 9.74. The number of amides is 1. The van der Waals surface area contributed by atoms with Crippen molar-refractivity contribution in [2.45, 2.75) is 25.7 Å². The number of hydrogen-bond acceptors (Lipinski definition) is 3. The van der Waals surface area contributed by atoms with Crippen LogP contribution in [0.15, 0.2) is 30.9 Å². The fourth-order valence-electron chi connectivity index (χ4n) is 2.54. The summed E-state index contributed by atoms with van der Waals surface area (Å²) in [6.07, 6.45) is 7.28. The molecule has 0 radical (unpaired) electrons. The molecule has 3 rings (SSSR count). The molecule has 20 heavy (non-hydrogen) atoms. The fourth-order valence-corrected chi connectivity index (χ4v) is 2.80. The van der Waals surface area contributed by atoms with Crippen LogP contribution in [0.1, 0.15) is 25.7 Å². The molecular formula is C14H15ClN4O. The molecule has 2 aromatic rings. The molecule has 104 valence electrons. The molecule has 1 saturated carbocycles. The normalized spacial score (nSPS) is 15.4. The van der Waals surface area contributed by atoms with Gasteiger partial charge in [0.05, 0.1) is 10.7 Å². The molecule has 5 nitrogen and oxygen atoms in total. The summed E-state index contributed by atoms with van der Waals surface area (Å²) in [6.45, 7) is 0. The highest BCUT2D eigenvalue weighted by Gasteiger charge is 2.22. The third-order valence-electron chi connectivity index (χ3n) is 3.61. The molecule has 0 saturated heterocycles. The van der Waals surface area contributed by atoms with Crippen molar-refractivity contribution in [2.75, 3.05) is 5.32 Å². The summed E-state index contributed by atoms with van der Waals surface area (Å²) in [6, 6.07) is 5.39. The van der Waals surface area contributed by atoms with E-state index in [4.69, 9.17) is 11.6 Å². The lowest BCUT2D eigenvalue weighted by Gasteiger charge is -2.11. The molecule has 1 N–H and O–H groups in total. The summed E-state index contributed by atoms with van der Waals surface area (Å²) in [5, 5.41) is 7.49. The van der Waals surface area contributed by atoms with Crippen LogP contribution in [0.2, 0.25) is 5.02 Å². The number of rotatable bonds is 3. The van der Waals surface area contributed by atoms with E-state index in [1.807, 2.05) is 12.1 Å². The highest BCUT2D eigenvalue weighted by molar-refractivity contribution is 6.32. The number of carbonyl (C=O) groups excluding carboxylic acids is 1. The average Bonchev–Trinajstić information content (AvgIpc) is 3.12. The van der Waals surface area contributed by atoms with Crippen LogP contribution in [-0.2, 0) is 4.79 Å². The molecule has 1 amide bonds. The fraction of sp³-hybridized carbons (Fsp3) is 0.357. The van der Waals surface area contributed by atoms with Crippen molar-refractivity contribution in [1.29, 1.82) is 0 Å².